The van der Waals surface area contributed by atoms with Crippen molar-refractivity contribution in [3.63, 3.8) is 0 Å². The number of hydrogen-bond acceptors (Lipinski definition) is 5. The van der Waals surface area contributed by atoms with E-state index in [1.54, 1.807) is 25.1 Å². The number of carbonyl (C=O) groups is 1. The third-order valence-electron chi connectivity index (χ3n) is 5.26. The Balaban J connectivity index is 1.86. The van der Waals surface area contributed by atoms with E-state index in [9.17, 15) is 9.59 Å². The molecular weight excluding hydrogens is 406 g/mol. The topological polar surface area (TPSA) is 82.5 Å². The number of aryl methyl sites for hydroxylation is 1. The molecular formula is C25H31N3O4. The van der Waals surface area contributed by atoms with Crippen LogP contribution in [0.2, 0.25) is 0 Å². The first kappa shape index (κ1) is 23.3. The fourth-order valence-electron chi connectivity index (χ4n) is 3.72. The molecule has 7 heteroatoms. The maximum Gasteiger partial charge on any atom is 0.261 e. The second-order valence-electron chi connectivity index (χ2n) is 7.93. The number of amides is 1. The maximum atomic E-state index is 13.0. The zero-order chi connectivity index (χ0) is 23.3. The molecule has 1 amide bonds. The number of hydrogen-bond donors (Lipinski definition) is 1. The average Bonchev–Trinajstić information content (AvgIpc) is 2.76. The van der Waals surface area contributed by atoms with E-state index in [4.69, 9.17) is 9.47 Å². The average molecular weight is 438 g/mol. The van der Waals surface area contributed by atoms with Gasteiger partial charge in [-0.25, -0.2) is 4.98 Å². The Morgan fingerprint density at radius 3 is 2.44 bits per heavy atom. The number of nitrogens with zero attached hydrogens (tertiary/aromatic N) is 2. The Bertz CT molecular complexity index is 1150. The first-order valence-electron chi connectivity index (χ1n) is 11.0. The molecule has 0 aliphatic rings. The summed E-state index contributed by atoms with van der Waals surface area (Å²) >= 11 is 0. The largest absolute Gasteiger partial charge is 0.490 e. The minimum atomic E-state index is -0.252. The minimum Gasteiger partial charge on any atom is -0.490 e. The molecule has 3 aromatic rings. The Hall–Kier alpha value is -3.35. The van der Waals surface area contributed by atoms with Crippen molar-refractivity contribution >= 4 is 16.8 Å². The normalized spacial score (nSPS) is 12.1. The van der Waals surface area contributed by atoms with Gasteiger partial charge in [0.15, 0.2) is 11.5 Å². The quantitative estimate of drug-likeness (QED) is 0.547. The van der Waals surface area contributed by atoms with E-state index in [0.29, 0.717) is 41.4 Å². The molecule has 0 aliphatic carbocycles. The summed E-state index contributed by atoms with van der Waals surface area (Å²) in [5.74, 6) is 1.70. The lowest BCUT2D eigenvalue weighted by Crippen LogP contribution is -2.37. The smallest absolute Gasteiger partial charge is 0.261 e. The van der Waals surface area contributed by atoms with E-state index in [0.717, 1.165) is 5.56 Å². The Morgan fingerprint density at radius 2 is 1.75 bits per heavy atom. The van der Waals surface area contributed by atoms with Gasteiger partial charge in [-0.1, -0.05) is 32.0 Å². The van der Waals surface area contributed by atoms with Gasteiger partial charge in [-0.3, -0.25) is 14.2 Å². The molecule has 1 atom stereocenters. The van der Waals surface area contributed by atoms with Crippen LogP contribution in [0.4, 0.5) is 0 Å². The first-order chi connectivity index (χ1) is 15.3. The summed E-state index contributed by atoms with van der Waals surface area (Å²) in [7, 11) is 0. The van der Waals surface area contributed by atoms with Crippen LogP contribution in [0.1, 0.15) is 45.1 Å². The highest BCUT2D eigenvalue weighted by Crippen LogP contribution is 2.33. The minimum absolute atomic E-state index is 0.0962. The predicted molar refractivity (Wildman–Crippen MR) is 125 cm³/mol. The van der Waals surface area contributed by atoms with Crippen molar-refractivity contribution in [3.05, 3.63) is 64.2 Å². The van der Waals surface area contributed by atoms with Gasteiger partial charge in [0, 0.05) is 0 Å². The van der Waals surface area contributed by atoms with E-state index in [1.807, 2.05) is 52.0 Å². The third-order valence-corrected chi connectivity index (χ3v) is 5.26. The van der Waals surface area contributed by atoms with E-state index >= 15 is 0 Å². The van der Waals surface area contributed by atoms with Gasteiger partial charge < -0.3 is 14.8 Å². The van der Waals surface area contributed by atoms with Gasteiger partial charge in [0.25, 0.3) is 5.56 Å². The standard InChI is InChI=1S/C25H31N3O4/c1-6-31-21-13-12-18(14-22(21)32-7-2)24(16(3)4)27-23(29)15-28-17(5)26-20-11-9-8-10-19(20)25(28)30/h8-14,16,24H,6-7,15H2,1-5H3,(H,27,29). The van der Waals surface area contributed by atoms with Crippen molar-refractivity contribution in [2.45, 2.75) is 47.2 Å². The van der Waals surface area contributed by atoms with Crippen molar-refractivity contribution in [2.24, 2.45) is 5.92 Å². The molecule has 0 saturated carbocycles. The van der Waals surface area contributed by atoms with Crippen molar-refractivity contribution < 1.29 is 14.3 Å². The van der Waals surface area contributed by atoms with Crippen LogP contribution in [0.3, 0.4) is 0 Å². The molecule has 2 aromatic carbocycles. The van der Waals surface area contributed by atoms with Crippen LogP contribution in [-0.2, 0) is 11.3 Å². The number of nitrogens with one attached hydrogen (secondary N) is 1. The van der Waals surface area contributed by atoms with Gasteiger partial charge in [0.1, 0.15) is 12.4 Å². The molecule has 3 rings (SSSR count). The van der Waals surface area contributed by atoms with Crippen molar-refractivity contribution in [1.29, 1.82) is 0 Å². The number of carbonyl (C=O) groups excluding carboxylic acids is 1. The summed E-state index contributed by atoms with van der Waals surface area (Å²) in [5.41, 5.74) is 1.33. The van der Waals surface area contributed by atoms with Crippen molar-refractivity contribution in [3.8, 4) is 11.5 Å². The third kappa shape index (κ3) is 5.10. The van der Waals surface area contributed by atoms with Crippen LogP contribution in [0.15, 0.2) is 47.3 Å². The summed E-state index contributed by atoms with van der Waals surface area (Å²) in [6.07, 6.45) is 0. The zero-order valence-corrected chi connectivity index (χ0v) is 19.3. The van der Waals surface area contributed by atoms with E-state index in [2.05, 4.69) is 10.3 Å². The lowest BCUT2D eigenvalue weighted by atomic mass is 9.95. The molecule has 32 heavy (non-hydrogen) atoms. The fraction of sp³-hybridized carbons (Fsp3) is 0.400. The monoisotopic (exact) mass is 437 g/mol. The van der Waals surface area contributed by atoms with Gasteiger partial charge >= 0.3 is 0 Å². The highest BCUT2D eigenvalue weighted by Gasteiger charge is 2.21. The summed E-state index contributed by atoms with van der Waals surface area (Å²) < 4.78 is 12.8. The summed E-state index contributed by atoms with van der Waals surface area (Å²) in [6, 6.07) is 12.6. The molecule has 0 fully saturated rings. The van der Waals surface area contributed by atoms with Crippen molar-refractivity contribution in [1.82, 2.24) is 14.9 Å². The Labute approximate surface area is 188 Å². The first-order valence-corrected chi connectivity index (χ1v) is 11.0. The molecule has 1 N–H and O–H groups in total. The van der Waals surface area contributed by atoms with Crippen molar-refractivity contribution in [2.75, 3.05) is 13.2 Å². The molecule has 170 valence electrons. The van der Waals surface area contributed by atoms with E-state index in [1.165, 1.54) is 4.57 Å². The molecule has 1 heterocycles. The number of rotatable bonds is 9. The highest BCUT2D eigenvalue weighted by atomic mass is 16.5. The van der Waals surface area contributed by atoms with Crippen LogP contribution in [0.25, 0.3) is 10.9 Å². The molecule has 0 saturated heterocycles. The van der Waals surface area contributed by atoms with Crippen LogP contribution in [0.5, 0.6) is 11.5 Å². The number of para-hydroxylation sites is 1. The lowest BCUT2D eigenvalue weighted by molar-refractivity contribution is -0.122. The molecule has 0 radical (unpaired) electrons. The summed E-state index contributed by atoms with van der Waals surface area (Å²) in [4.78, 5) is 30.3. The van der Waals surface area contributed by atoms with E-state index in [-0.39, 0.29) is 30.0 Å². The second kappa shape index (κ2) is 10.3. The highest BCUT2D eigenvalue weighted by molar-refractivity contribution is 5.79. The summed E-state index contributed by atoms with van der Waals surface area (Å²) in [5, 5.41) is 3.58. The second-order valence-corrected chi connectivity index (χ2v) is 7.93. The molecule has 0 spiro atoms. The lowest BCUT2D eigenvalue weighted by Gasteiger charge is -2.24. The Morgan fingerprint density at radius 1 is 1.06 bits per heavy atom. The van der Waals surface area contributed by atoms with Gasteiger partial charge in [0.2, 0.25) is 5.91 Å². The Kier molecular flexibility index (Phi) is 7.51. The van der Waals surface area contributed by atoms with Gasteiger partial charge in [-0.05, 0) is 56.5 Å². The molecule has 1 aromatic heterocycles. The van der Waals surface area contributed by atoms with Gasteiger partial charge in [0.05, 0.1) is 30.2 Å². The molecule has 1 unspecified atom stereocenters. The van der Waals surface area contributed by atoms with Gasteiger partial charge in [-0.15, -0.1) is 0 Å². The molecule has 0 bridgehead atoms. The maximum absolute atomic E-state index is 13.0. The zero-order valence-electron chi connectivity index (χ0n) is 19.3. The van der Waals surface area contributed by atoms with Crippen LogP contribution in [-0.4, -0.2) is 28.7 Å². The van der Waals surface area contributed by atoms with Crippen LogP contribution in [0, 0.1) is 12.8 Å². The predicted octanol–water partition coefficient (Wildman–Crippen LogP) is 4.02. The molecule has 7 nitrogen and oxygen atoms in total. The number of fused-ring (bicyclic) bond motifs is 1. The SMILES string of the molecule is CCOc1ccc(C(NC(=O)Cn2c(C)nc3ccccc3c2=O)C(C)C)cc1OCC. The number of aromatic nitrogens is 2. The number of ether oxygens (including phenoxy) is 2. The summed E-state index contributed by atoms with van der Waals surface area (Å²) in [6.45, 7) is 10.6. The number of benzene rings is 2. The fourth-order valence-corrected chi connectivity index (χ4v) is 3.72. The van der Waals surface area contributed by atoms with Gasteiger partial charge in [-0.2, -0.15) is 0 Å². The van der Waals surface area contributed by atoms with Crippen LogP contribution >= 0.6 is 0 Å². The van der Waals surface area contributed by atoms with E-state index < -0.39 is 0 Å². The van der Waals surface area contributed by atoms with Crippen LogP contribution < -0.4 is 20.3 Å². The molecule has 0 aliphatic heterocycles.